The molecule has 1 nitrogen and oxygen atoms in total. The van der Waals surface area contributed by atoms with Gasteiger partial charge in [0.15, 0.2) is 0 Å². The molecular weight excluding hydrogens is 216 g/mol. The molecule has 0 spiro atoms. The van der Waals surface area contributed by atoms with Gasteiger partial charge in [0.05, 0.1) is 4.90 Å². The summed E-state index contributed by atoms with van der Waals surface area (Å²) in [5, 5.41) is 0. The van der Waals surface area contributed by atoms with Gasteiger partial charge in [-0.3, -0.25) is 0 Å². The van der Waals surface area contributed by atoms with E-state index in [-0.39, 0.29) is 10.6 Å². The monoisotopic (exact) mass is 231 g/mol. The minimum Gasteiger partial charge on any atom is -0.399 e. The second-order valence-electron chi connectivity index (χ2n) is 3.64. The van der Waals surface area contributed by atoms with Crippen LogP contribution in [0.1, 0.15) is 20.3 Å². The number of rotatable bonds is 4. The molecule has 1 rings (SSSR count). The fraction of sp³-hybridized carbons (Fsp3) is 0.455. The third-order valence-corrected chi connectivity index (χ3v) is 3.64. The van der Waals surface area contributed by atoms with Crippen molar-refractivity contribution in [2.45, 2.75) is 25.2 Å². The van der Waals surface area contributed by atoms with Crippen LogP contribution in [0.3, 0.4) is 0 Å². The molecule has 0 aliphatic rings. The third-order valence-electron chi connectivity index (χ3n) is 2.23. The summed E-state index contributed by atoms with van der Waals surface area (Å²) in [6.45, 7) is 4.11. The van der Waals surface area contributed by atoms with Crippen molar-refractivity contribution in [2.24, 2.45) is 5.92 Å². The van der Waals surface area contributed by atoms with Gasteiger partial charge in [-0.15, -0.1) is 11.8 Å². The molecule has 15 heavy (non-hydrogen) atoms. The zero-order valence-corrected chi connectivity index (χ0v) is 9.70. The second-order valence-corrected chi connectivity index (χ2v) is 4.67. The Balaban J connectivity index is 2.77. The zero-order chi connectivity index (χ0) is 11.4. The third kappa shape index (κ3) is 3.38. The molecule has 0 bridgehead atoms. The number of anilines is 1. The van der Waals surface area contributed by atoms with Gasteiger partial charge in [-0.05, 0) is 18.1 Å². The van der Waals surface area contributed by atoms with Crippen molar-refractivity contribution in [2.75, 3.05) is 11.5 Å². The van der Waals surface area contributed by atoms with E-state index in [4.69, 9.17) is 5.73 Å². The van der Waals surface area contributed by atoms with Crippen LogP contribution in [-0.2, 0) is 0 Å². The molecule has 0 aliphatic heterocycles. The average Bonchev–Trinajstić information content (AvgIpc) is 2.15. The molecule has 1 unspecified atom stereocenters. The van der Waals surface area contributed by atoms with Gasteiger partial charge in [0.2, 0.25) is 0 Å². The summed E-state index contributed by atoms with van der Waals surface area (Å²) in [4.78, 5) is 0.0736. The smallest absolute Gasteiger partial charge is 0.141 e. The second kappa shape index (κ2) is 5.35. The van der Waals surface area contributed by atoms with E-state index < -0.39 is 11.6 Å². The van der Waals surface area contributed by atoms with Crippen molar-refractivity contribution in [3.05, 3.63) is 23.8 Å². The minimum absolute atomic E-state index is 0.0736. The lowest BCUT2D eigenvalue weighted by Gasteiger charge is -2.09. The van der Waals surface area contributed by atoms with Gasteiger partial charge in [0.25, 0.3) is 0 Å². The number of hydrogen-bond donors (Lipinski definition) is 1. The van der Waals surface area contributed by atoms with Gasteiger partial charge in [0.1, 0.15) is 11.6 Å². The molecule has 84 valence electrons. The van der Waals surface area contributed by atoms with Gasteiger partial charge in [-0.2, -0.15) is 0 Å². The highest BCUT2D eigenvalue weighted by molar-refractivity contribution is 7.99. The molecule has 0 saturated heterocycles. The summed E-state index contributed by atoms with van der Waals surface area (Å²) in [6, 6.07) is 2.31. The van der Waals surface area contributed by atoms with E-state index in [1.807, 2.05) is 0 Å². The Morgan fingerprint density at radius 3 is 2.33 bits per heavy atom. The molecule has 1 atom stereocenters. The highest BCUT2D eigenvalue weighted by Gasteiger charge is 2.11. The highest BCUT2D eigenvalue weighted by Crippen LogP contribution is 2.29. The van der Waals surface area contributed by atoms with Crippen LogP contribution in [0.4, 0.5) is 14.5 Å². The van der Waals surface area contributed by atoms with Crippen LogP contribution in [0.5, 0.6) is 0 Å². The summed E-state index contributed by atoms with van der Waals surface area (Å²) < 4.78 is 26.6. The largest absolute Gasteiger partial charge is 0.399 e. The van der Waals surface area contributed by atoms with Crippen molar-refractivity contribution in [3.63, 3.8) is 0 Å². The Morgan fingerprint density at radius 1 is 1.33 bits per heavy atom. The first kappa shape index (κ1) is 12.3. The lowest BCUT2D eigenvalue weighted by atomic mass is 10.2. The minimum atomic E-state index is -0.569. The maximum absolute atomic E-state index is 13.3. The number of nitrogens with two attached hydrogens (primary N) is 1. The quantitative estimate of drug-likeness (QED) is 0.632. The number of nitrogen functional groups attached to an aromatic ring is 1. The lowest BCUT2D eigenvalue weighted by Crippen LogP contribution is -1.98. The summed E-state index contributed by atoms with van der Waals surface area (Å²) in [7, 11) is 0. The SMILES string of the molecule is CCC(C)CSc1c(F)cc(N)cc1F. The summed E-state index contributed by atoms with van der Waals surface area (Å²) in [5.74, 6) is 0.0295. The van der Waals surface area contributed by atoms with Crippen LogP contribution < -0.4 is 5.73 Å². The molecule has 2 N–H and O–H groups in total. The van der Waals surface area contributed by atoms with Gasteiger partial charge in [-0.1, -0.05) is 20.3 Å². The highest BCUT2D eigenvalue weighted by atomic mass is 32.2. The number of thioether (sulfide) groups is 1. The molecule has 0 aliphatic carbocycles. The van der Waals surface area contributed by atoms with E-state index in [2.05, 4.69) is 13.8 Å². The topological polar surface area (TPSA) is 26.0 Å². The first-order valence-corrected chi connectivity index (χ1v) is 5.90. The Kier molecular flexibility index (Phi) is 4.39. The van der Waals surface area contributed by atoms with Crippen LogP contribution in [0.2, 0.25) is 0 Å². The van der Waals surface area contributed by atoms with E-state index in [9.17, 15) is 8.78 Å². The van der Waals surface area contributed by atoms with Gasteiger partial charge in [0, 0.05) is 11.4 Å². The summed E-state index contributed by atoms with van der Waals surface area (Å²) >= 11 is 1.21. The number of hydrogen-bond acceptors (Lipinski definition) is 2. The van der Waals surface area contributed by atoms with Crippen molar-refractivity contribution < 1.29 is 8.78 Å². The maximum atomic E-state index is 13.3. The van der Waals surface area contributed by atoms with Crippen LogP contribution in [0.15, 0.2) is 17.0 Å². The predicted octanol–water partition coefficient (Wildman–Crippen LogP) is 3.69. The summed E-state index contributed by atoms with van der Waals surface area (Å²) in [6.07, 6.45) is 1.01. The maximum Gasteiger partial charge on any atom is 0.141 e. The van der Waals surface area contributed by atoms with E-state index in [1.54, 1.807) is 0 Å². The molecule has 0 heterocycles. The Morgan fingerprint density at radius 2 is 1.87 bits per heavy atom. The van der Waals surface area contributed by atoms with Crippen molar-refractivity contribution in [1.29, 1.82) is 0 Å². The molecule has 0 radical (unpaired) electrons. The van der Waals surface area contributed by atoms with Crippen LogP contribution in [0, 0.1) is 17.6 Å². The normalized spacial score (nSPS) is 12.8. The van der Waals surface area contributed by atoms with Crippen molar-refractivity contribution >= 4 is 17.4 Å². The molecule has 0 fully saturated rings. The predicted molar refractivity (Wildman–Crippen MR) is 60.9 cm³/mol. The van der Waals surface area contributed by atoms with Crippen molar-refractivity contribution in [1.82, 2.24) is 0 Å². The molecule has 0 amide bonds. The molecule has 0 saturated carbocycles. The molecule has 0 aromatic heterocycles. The Bertz CT molecular complexity index is 318. The van der Waals surface area contributed by atoms with Crippen LogP contribution in [0.25, 0.3) is 0 Å². The average molecular weight is 231 g/mol. The zero-order valence-electron chi connectivity index (χ0n) is 8.89. The molecule has 1 aromatic carbocycles. The molecule has 1 aromatic rings. The fourth-order valence-electron chi connectivity index (χ4n) is 1.06. The lowest BCUT2D eigenvalue weighted by molar-refractivity contribution is 0.540. The standard InChI is InChI=1S/C11H15F2NS/c1-3-7(2)6-15-11-9(12)4-8(14)5-10(11)13/h4-5,7H,3,6,14H2,1-2H3. The van der Waals surface area contributed by atoms with E-state index >= 15 is 0 Å². The fourth-order valence-corrected chi connectivity index (χ4v) is 2.14. The molecular formula is C11H15F2NS. The van der Waals surface area contributed by atoms with Gasteiger partial charge >= 0.3 is 0 Å². The number of benzene rings is 1. The van der Waals surface area contributed by atoms with Crippen LogP contribution in [-0.4, -0.2) is 5.75 Å². The Labute approximate surface area is 93.1 Å². The van der Waals surface area contributed by atoms with Gasteiger partial charge in [-0.25, -0.2) is 8.78 Å². The van der Waals surface area contributed by atoms with Gasteiger partial charge < -0.3 is 5.73 Å². The van der Waals surface area contributed by atoms with Crippen LogP contribution >= 0.6 is 11.8 Å². The Hall–Kier alpha value is -0.770. The molecule has 4 heteroatoms. The first-order valence-electron chi connectivity index (χ1n) is 4.92. The van der Waals surface area contributed by atoms with Crippen molar-refractivity contribution in [3.8, 4) is 0 Å². The summed E-state index contributed by atoms with van der Waals surface area (Å²) in [5.41, 5.74) is 5.44. The van der Waals surface area contributed by atoms with E-state index in [1.165, 1.54) is 11.8 Å². The van der Waals surface area contributed by atoms with E-state index in [0.717, 1.165) is 18.6 Å². The van der Waals surface area contributed by atoms with E-state index in [0.29, 0.717) is 11.7 Å². The number of halogens is 2. The first-order chi connectivity index (χ1) is 7.04.